The second-order valence-corrected chi connectivity index (χ2v) is 4.90. The lowest BCUT2D eigenvalue weighted by molar-refractivity contribution is -0.116. The molecule has 2 aromatic rings. The summed E-state index contributed by atoms with van der Waals surface area (Å²) in [5, 5.41) is 2.82. The lowest BCUT2D eigenvalue weighted by Gasteiger charge is -2.17. The summed E-state index contributed by atoms with van der Waals surface area (Å²) in [6.45, 7) is 0. The highest BCUT2D eigenvalue weighted by Gasteiger charge is 2.36. The van der Waals surface area contributed by atoms with E-state index in [0.717, 1.165) is 11.3 Å². The van der Waals surface area contributed by atoms with Crippen LogP contribution in [0.2, 0.25) is 0 Å². The van der Waals surface area contributed by atoms with Crippen molar-refractivity contribution in [2.45, 2.75) is 5.92 Å². The number of nitrogens with two attached hydrogens (primary N) is 1. The fourth-order valence-electron chi connectivity index (χ4n) is 2.79. The van der Waals surface area contributed by atoms with Gasteiger partial charge in [0.25, 0.3) is 5.91 Å². The van der Waals surface area contributed by atoms with Crippen molar-refractivity contribution in [2.24, 2.45) is 5.84 Å². The Balaban J connectivity index is 2.23. The Labute approximate surface area is 127 Å². The summed E-state index contributed by atoms with van der Waals surface area (Å²) in [5.41, 5.74) is 4.48. The van der Waals surface area contributed by atoms with Crippen molar-refractivity contribution in [3.05, 3.63) is 59.2 Å². The molecule has 2 amide bonds. The maximum absolute atomic E-state index is 12.4. The third kappa shape index (κ3) is 2.10. The number of benzene rings is 2. The molecule has 2 aromatic carbocycles. The monoisotopic (exact) mass is 297 g/mol. The van der Waals surface area contributed by atoms with Crippen LogP contribution in [0.1, 0.15) is 27.4 Å². The molecule has 6 nitrogen and oxygen atoms in total. The maximum Gasteiger partial charge on any atom is 0.265 e. The minimum atomic E-state index is -0.611. The third-order valence-electron chi connectivity index (χ3n) is 3.74. The van der Waals surface area contributed by atoms with Crippen LogP contribution in [0.15, 0.2) is 42.5 Å². The Bertz CT molecular complexity index is 758. The molecule has 0 radical (unpaired) electrons. The number of hydrazine groups is 1. The van der Waals surface area contributed by atoms with E-state index >= 15 is 0 Å². The van der Waals surface area contributed by atoms with Gasteiger partial charge in [-0.1, -0.05) is 24.3 Å². The molecule has 6 heteroatoms. The summed E-state index contributed by atoms with van der Waals surface area (Å²) in [7, 11) is 1.50. The molecule has 112 valence electrons. The van der Waals surface area contributed by atoms with E-state index in [1.54, 1.807) is 18.2 Å². The maximum atomic E-state index is 12.4. The van der Waals surface area contributed by atoms with Crippen LogP contribution in [0.5, 0.6) is 5.75 Å². The van der Waals surface area contributed by atoms with Crippen molar-refractivity contribution < 1.29 is 14.3 Å². The number of nitrogens with one attached hydrogen (secondary N) is 2. The Morgan fingerprint density at radius 1 is 1.23 bits per heavy atom. The number of hydrogen-bond acceptors (Lipinski definition) is 4. The standard InChI is InChI=1S/C16H15N3O3/c1-22-12-8-4-6-10(15(20)19-17)13(12)14-9-5-2-3-7-11(9)18-16(14)21/h2-8,14H,17H2,1H3,(H,18,21)(H,19,20). The lowest BCUT2D eigenvalue weighted by atomic mass is 9.88. The molecule has 1 heterocycles. The molecule has 4 N–H and O–H groups in total. The number of hydrogen-bond donors (Lipinski definition) is 3. The first kappa shape index (κ1) is 14.1. The molecular weight excluding hydrogens is 282 g/mol. The quantitative estimate of drug-likeness (QED) is 0.453. The Morgan fingerprint density at radius 3 is 2.73 bits per heavy atom. The summed E-state index contributed by atoms with van der Waals surface area (Å²) in [5.74, 6) is 4.45. The summed E-state index contributed by atoms with van der Waals surface area (Å²) < 4.78 is 5.36. The van der Waals surface area contributed by atoms with E-state index in [-0.39, 0.29) is 5.91 Å². The van der Waals surface area contributed by atoms with Gasteiger partial charge >= 0.3 is 0 Å². The second-order valence-electron chi connectivity index (χ2n) is 4.90. The predicted octanol–water partition coefficient (Wildman–Crippen LogP) is 1.38. The highest BCUT2D eigenvalue weighted by atomic mass is 16.5. The number of carbonyl (C=O) groups is 2. The normalized spacial score (nSPS) is 15.9. The van der Waals surface area contributed by atoms with Crippen LogP contribution < -0.4 is 21.3 Å². The zero-order valence-corrected chi connectivity index (χ0v) is 11.9. The smallest absolute Gasteiger partial charge is 0.265 e. The molecule has 1 aliphatic heterocycles. The average molecular weight is 297 g/mol. The second kappa shape index (κ2) is 5.50. The molecule has 0 saturated carbocycles. The van der Waals surface area contributed by atoms with E-state index in [9.17, 15) is 9.59 Å². The molecule has 1 aliphatic rings. The highest BCUT2D eigenvalue weighted by molar-refractivity contribution is 6.08. The van der Waals surface area contributed by atoms with Gasteiger partial charge in [-0.25, -0.2) is 5.84 Å². The van der Waals surface area contributed by atoms with E-state index < -0.39 is 11.8 Å². The SMILES string of the molecule is COc1cccc(C(=O)NN)c1C1C(=O)Nc2ccccc21. The summed E-state index contributed by atoms with van der Waals surface area (Å²) in [4.78, 5) is 24.5. The van der Waals surface area contributed by atoms with E-state index in [0.29, 0.717) is 16.9 Å². The van der Waals surface area contributed by atoms with Gasteiger partial charge in [-0.05, 0) is 23.8 Å². The fraction of sp³-hybridized carbons (Fsp3) is 0.125. The molecule has 0 aromatic heterocycles. The topological polar surface area (TPSA) is 93.4 Å². The Morgan fingerprint density at radius 2 is 2.00 bits per heavy atom. The van der Waals surface area contributed by atoms with Crippen LogP contribution in [0.25, 0.3) is 0 Å². The highest BCUT2D eigenvalue weighted by Crippen LogP contribution is 2.42. The van der Waals surface area contributed by atoms with Gasteiger partial charge < -0.3 is 10.1 Å². The first-order valence-electron chi connectivity index (χ1n) is 6.75. The van der Waals surface area contributed by atoms with Gasteiger partial charge in [0.1, 0.15) is 5.75 Å². The minimum absolute atomic E-state index is 0.197. The number of rotatable bonds is 3. The van der Waals surface area contributed by atoms with E-state index in [1.807, 2.05) is 24.3 Å². The number of fused-ring (bicyclic) bond motifs is 1. The van der Waals surface area contributed by atoms with Gasteiger partial charge in [0, 0.05) is 16.8 Å². The van der Waals surface area contributed by atoms with Gasteiger partial charge in [-0.15, -0.1) is 0 Å². The van der Waals surface area contributed by atoms with Crippen molar-refractivity contribution in [1.29, 1.82) is 0 Å². The van der Waals surface area contributed by atoms with Crippen molar-refractivity contribution in [1.82, 2.24) is 5.43 Å². The van der Waals surface area contributed by atoms with Crippen LogP contribution in [0, 0.1) is 0 Å². The number of para-hydroxylation sites is 1. The molecule has 0 bridgehead atoms. The van der Waals surface area contributed by atoms with Crippen LogP contribution >= 0.6 is 0 Å². The van der Waals surface area contributed by atoms with E-state index in [2.05, 4.69) is 10.7 Å². The molecular formula is C16H15N3O3. The van der Waals surface area contributed by atoms with Gasteiger partial charge in [-0.2, -0.15) is 0 Å². The molecule has 0 aliphatic carbocycles. The van der Waals surface area contributed by atoms with Crippen LogP contribution in [-0.2, 0) is 4.79 Å². The first-order chi connectivity index (χ1) is 10.7. The van der Waals surface area contributed by atoms with E-state index in [4.69, 9.17) is 10.6 Å². The third-order valence-corrected chi connectivity index (χ3v) is 3.74. The van der Waals surface area contributed by atoms with E-state index in [1.165, 1.54) is 7.11 Å². The zero-order valence-electron chi connectivity index (χ0n) is 11.9. The molecule has 22 heavy (non-hydrogen) atoms. The van der Waals surface area contributed by atoms with Crippen molar-refractivity contribution in [3.63, 3.8) is 0 Å². The molecule has 1 atom stereocenters. The Hall–Kier alpha value is -2.86. The number of methoxy groups -OCH3 is 1. The minimum Gasteiger partial charge on any atom is -0.496 e. The van der Waals surface area contributed by atoms with Crippen LogP contribution in [0.3, 0.4) is 0 Å². The molecule has 0 spiro atoms. The fourth-order valence-corrected chi connectivity index (χ4v) is 2.79. The van der Waals surface area contributed by atoms with Crippen molar-refractivity contribution in [3.8, 4) is 5.75 Å². The van der Waals surface area contributed by atoms with Gasteiger partial charge in [0.2, 0.25) is 5.91 Å². The van der Waals surface area contributed by atoms with Crippen molar-refractivity contribution in [2.75, 3.05) is 12.4 Å². The molecule has 3 rings (SSSR count). The average Bonchev–Trinajstić information content (AvgIpc) is 2.88. The molecule has 1 unspecified atom stereocenters. The largest absolute Gasteiger partial charge is 0.496 e. The first-order valence-corrected chi connectivity index (χ1v) is 6.75. The number of carbonyl (C=O) groups excluding carboxylic acids is 2. The molecule has 0 fully saturated rings. The summed E-state index contributed by atoms with van der Waals surface area (Å²) >= 11 is 0. The Kier molecular flexibility index (Phi) is 3.52. The van der Waals surface area contributed by atoms with Gasteiger partial charge in [-0.3, -0.25) is 15.0 Å². The summed E-state index contributed by atoms with van der Waals surface area (Å²) in [6.07, 6.45) is 0. The number of amides is 2. The molecule has 0 saturated heterocycles. The number of nitrogen functional groups attached to an aromatic ring is 1. The van der Waals surface area contributed by atoms with Crippen molar-refractivity contribution >= 4 is 17.5 Å². The van der Waals surface area contributed by atoms with Crippen LogP contribution in [-0.4, -0.2) is 18.9 Å². The van der Waals surface area contributed by atoms with Crippen LogP contribution in [0.4, 0.5) is 5.69 Å². The summed E-state index contributed by atoms with van der Waals surface area (Å²) in [6, 6.07) is 12.4. The lowest BCUT2D eigenvalue weighted by Crippen LogP contribution is -2.31. The number of ether oxygens (including phenoxy) is 1. The zero-order chi connectivity index (χ0) is 15.7. The predicted molar refractivity (Wildman–Crippen MR) is 81.6 cm³/mol. The van der Waals surface area contributed by atoms with Gasteiger partial charge in [0.05, 0.1) is 13.0 Å². The van der Waals surface area contributed by atoms with Gasteiger partial charge in [0.15, 0.2) is 0 Å². The number of anilines is 1.